The molecule has 0 aliphatic carbocycles. The minimum absolute atomic E-state index is 0.0532. The summed E-state index contributed by atoms with van der Waals surface area (Å²) in [6.45, 7) is 1.88. The van der Waals surface area contributed by atoms with E-state index in [0.717, 1.165) is 24.3 Å². The van der Waals surface area contributed by atoms with Gasteiger partial charge in [-0.05, 0) is 18.6 Å². The zero-order chi connectivity index (χ0) is 15.9. The van der Waals surface area contributed by atoms with Gasteiger partial charge in [0.05, 0.1) is 5.02 Å². The van der Waals surface area contributed by atoms with Crippen LogP contribution in [0.3, 0.4) is 0 Å². The summed E-state index contributed by atoms with van der Waals surface area (Å²) in [4.78, 5) is 11.8. The number of nitrogens with one attached hydrogen (secondary N) is 1. The van der Waals surface area contributed by atoms with Crippen LogP contribution >= 0.6 is 22.9 Å². The number of aromatic nitrogens is 2. The number of carbonyl (C=O) groups is 1. The molecule has 1 aromatic carbocycles. The topological polar surface area (TPSA) is 64.1 Å². The van der Waals surface area contributed by atoms with E-state index < -0.39 is 5.82 Å². The lowest BCUT2D eigenvalue weighted by Gasteiger charge is -2.06. The minimum Gasteiger partial charge on any atom is -0.484 e. The maximum atomic E-state index is 13.0. The highest BCUT2D eigenvalue weighted by Crippen LogP contribution is 2.21. The summed E-state index contributed by atoms with van der Waals surface area (Å²) >= 11 is 6.98. The van der Waals surface area contributed by atoms with Gasteiger partial charge in [-0.1, -0.05) is 36.3 Å². The quantitative estimate of drug-likeness (QED) is 0.832. The third-order valence-corrected chi connectivity index (χ3v) is 3.91. The summed E-state index contributed by atoms with van der Waals surface area (Å²) in [5.41, 5.74) is 0. The number of halogens is 2. The van der Waals surface area contributed by atoms with Crippen LogP contribution in [0.2, 0.25) is 5.02 Å². The van der Waals surface area contributed by atoms with Gasteiger partial charge in [0.15, 0.2) is 6.61 Å². The largest absolute Gasteiger partial charge is 0.484 e. The van der Waals surface area contributed by atoms with Crippen LogP contribution in [0, 0.1) is 5.82 Å². The molecule has 0 bridgehead atoms. The van der Waals surface area contributed by atoms with Crippen LogP contribution in [-0.2, 0) is 11.2 Å². The van der Waals surface area contributed by atoms with Gasteiger partial charge in [0.2, 0.25) is 5.13 Å². The second-order valence-electron chi connectivity index (χ2n) is 4.52. The molecule has 5 nitrogen and oxygen atoms in total. The van der Waals surface area contributed by atoms with Gasteiger partial charge in [-0.3, -0.25) is 10.1 Å². The Balaban J connectivity index is 1.82. The van der Waals surface area contributed by atoms with Crippen molar-refractivity contribution in [3.63, 3.8) is 0 Å². The molecule has 2 rings (SSSR count). The number of unbranched alkanes of at least 4 members (excludes halogenated alkanes) is 1. The van der Waals surface area contributed by atoms with Crippen LogP contribution in [0.1, 0.15) is 24.8 Å². The second kappa shape index (κ2) is 8.05. The van der Waals surface area contributed by atoms with E-state index in [4.69, 9.17) is 16.3 Å². The number of hydrogen-bond acceptors (Lipinski definition) is 5. The standard InChI is InChI=1S/C14H15ClFN3O2S/c1-2-3-4-13-18-19-14(22-13)17-12(20)8-21-9-5-6-11(16)10(15)7-9/h5-7H,2-4,8H2,1H3,(H,17,19,20). The van der Waals surface area contributed by atoms with E-state index in [0.29, 0.717) is 10.9 Å². The van der Waals surface area contributed by atoms with Gasteiger partial charge in [0.25, 0.3) is 5.91 Å². The molecule has 1 heterocycles. The summed E-state index contributed by atoms with van der Waals surface area (Å²) in [6, 6.07) is 3.90. The number of nitrogens with zero attached hydrogens (tertiary/aromatic N) is 2. The molecule has 2 aromatic rings. The zero-order valence-electron chi connectivity index (χ0n) is 11.9. The summed E-state index contributed by atoms with van der Waals surface area (Å²) in [5, 5.41) is 11.8. The average Bonchev–Trinajstić information content (AvgIpc) is 2.94. The van der Waals surface area contributed by atoms with E-state index >= 15 is 0 Å². The zero-order valence-corrected chi connectivity index (χ0v) is 13.5. The fourth-order valence-corrected chi connectivity index (χ4v) is 2.57. The lowest BCUT2D eigenvalue weighted by molar-refractivity contribution is -0.118. The molecular formula is C14H15ClFN3O2S. The van der Waals surface area contributed by atoms with Crippen molar-refractivity contribution in [1.29, 1.82) is 0 Å². The first kappa shape index (κ1) is 16.6. The molecule has 0 atom stereocenters. The summed E-state index contributed by atoms with van der Waals surface area (Å²) in [6.07, 6.45) is 2.97. The summed E-state index contributed by atoms with van der Waals surface area (Å²) in [5.74, 6) is -0.576. The Hall–Kier alpha value is -1.73. The van der Waals surface area contributed by atoms with E-state index in [1.54, 1.807) is 0 Å². The summed E-state index contributed by atoms with van der Waals surface area (Å²) in [7, 11) is 0. The number of rotatable bonds is 7. The maximum Gasteiger partial charge on any atom is 0.264 e. The van der Waals surface area contributed by atoms with Gasteiger partial charge in [0.1, 0.15) is 16.6 Å². The third-order valence-electron chi connectivity index (χ3n) is 2.72. The molecule has 1 amide bonds. The van der Waals surface area contributed by atoms with Crippen LogP contribution in [0.5, 0.6) is 5.75 Å². The van der Waals surface area contributed by atoms with Gasteiger partial charge >= 0.3 is 0 Å². The fraction of sp³-hybridized carbons (Fsp3) is 0.357. The van der Waals surface area contributed by atoms with Crippen molar-refractivity contribution in [3.05, 3.63) is 34.0 Å². The Morgan fingerprint density at radius 2 is 2.27 bits per heavy atom. The van der Waals surface area contributed by atoms with E-state index in [1.165, 1.54) is 29.5 Å². The molecule has 8 heteroatoms. The molecule has 0 unspecified atom stereocenters. The fourth-order valence-electron chi connectivity index (χ4n) is 1.60. The number of benzene rings is 1. The molecule has 0 aliphatic heterocycles. The lowest BCUT2D eigenvalue weighted by atomic mass is 10.3. The van der Waals surface area contributed by atoms with Crippen LogP contribution in [0.25, 0.3) is 0 Å². The molecular weight excluding hydrogens is 329 g/mol. The molecule has 0 saturated heterocycles. The van der Waals surface area contributed by atoms with E-state index in [9.17, 15) is 9.18 Å². The molecule has 0 saturated carbocycles. The highest BCUT2D eigenvalue weighted by molar-refractivity contribution is 7.15. The second-order valence-corrected chi connectivity index (χ2v) is 5.99. The number of hydrogen-bond donors (Lipinski definition) is 1. The Bertz CT molecular complexity index is 651. The molecule has 1 aromatic heterocycles. The predicted octanol–water partition coefficient (Wildman–Crippen LogP) is 3.69. The maximum absolute atomic E-state index is 13.0. The van der Waals surface area contributed by atoms with Crippen LogP contribution in [-0.4, -0.2) is 22.7 Å². The minimum atomic E-state index is -0.535. The number of aryl methyl sites for hydroxylation is 1. The predicted molar refractivity (Wildman–Crippen MR) is 84.1 cm³/mol. The highest BCUT2D eigenvalue weighted by Gasteiger charge is 2.09. The van der Waals surface area contributed by atoms with E-state index in [1.807, 2.05) is 0 Å². The number of anilines is 1. The Kier molecular flexibility index (Phi) is 6.09. The molecule has 118 valence electrons. The number of ether oxygens (including phenoxy) is 1. The van der Waals surface area contributed by atoms with Crippen LogP contribution < -0.4 is 10.1 Å². The highest BCUT2D eigenvalue weighted by atomic mass is 35.5. The van der Waals surface area contributed by atoms with E-state index in [2.05, 4.69) is 22.4 Å². The van der Waals surface area contributed by atoms with Crippen molar-refractivity contribution in [3.8, 4) is 5.75 Å². The van der Waals surface area contributed by atoms with Crippen molar-refractivity contribution in [2.75, 3.05) is 11.9 Å². The first-order valence-electron chi connectivity index (χ1n) is 6.78. The number of amides is 1. The number of carbonyl (C=O) groups excluding carboxylic acids is 1. The first-order chi connectivity index (χ1) is 10.6. The van der Waals surface area contributed by atoms with Crippen molar-refractivity contribution in [1.82, 2.24) is 10.2 Å². The molecule has 0 spiro atoms. The Morgan fingerprint density at radius 3 is 3.00 bits per heavy atom. The Morgan fingerprint density at radius 1 is 1.45 bits per heavy atom. The van der Waals surface area contributed by atoms with Crippen molar-refractivity contribution < 1.29 is 13.9 Å². The smallest absolute Gasteiger partial charge is 0.264 e. The monoisotopic (exact) mass is 343 g/mol. The van der Waals surface area contributed by atoms with Crippen LogP contribution in [0.4, 0.5) is 9.52 Å². The summed E-state index contributed by atoms with van der Waals surface area (Å²) < 4.78 is 18.2. The Labute approximate surface area is 136 Å². The molecule has 0 fully saturated rings. The molecule has 0 aliphatic rings. The normalized spacial score (nSPS) is 10.5. The SMILES string of the molecule is CCCCc1nnc(NC(=O)COc2ccc(F)c(Cl)c2)s1. The van der Waals surface area contributed by atoms with Crippen molar-refractivity contribution in [2.45, 2.75) is 26.2 Å². The van der Waals surface area contributed by atoms with Crippen molar-refractivity contribution in [2.24, 2.45) is 0 Å². The third kappa shape index (κ3) is 4.92. The van der Waals surface area contributed by atoms with Gasteiger partial charge < -0.3 is 4.74 Å². The average molecular weight is 344 g/mol. The lowest BCUT2D eigenvalue weighted by Crippen LogP contribution is -2.20. The van der Waals surface area contributed by atoms with Crippen molar-refractivity contribution >= 4 is 34.0 Å². The van der Waals surface area contributed by atoms with Gasteiger partial charge in [-0.2, -0.15) is 0 Å². The molecule has 22 heavy (non-hydrogen) atoms. The van der Waals surface area contributed by atoms with Crippen LogP contribution in [0.15, 0.2) is 18.2 Å². The van der Waals surface area contributed by atoms with Gasteiger partial charge in [-0.25, -0.2) is 4.39 Å². The van der Waals surface area contributed by atoms with E-state index in [-0.39, 0.29) is 17.5 Å². The van der Waals surface area contributed by atoms with Gasteiger partial charge in [0, 0.05) is 12.5 Å². The van der Waals surface area contributed by atoms with Gasteiger partial charge in [-0.15, -0.1) is 10.2 Å². The molecule has 0 radical (unpaired) electrons. The molecule has 1 N–H and O–H groups in total. The first-order valence-corrected chi connectivity index (χ1v) is 7.98.